The van der Waals surface area contributed by atoms with Crippen molar-refractivity contribution in [2.75, 3.05) is 13.2 Å². The van der Waals surface area contributed by atoms with E-state index >= 15 is 0 Å². The van der Waals surface area contributed by atoms with Crippen molar-refractivity contribution in [3.8, 4) is 0 Å². The second-order valence-corrected chi connectivity index (χ2v) is 7.70. The first-order valence-electron chi connectivity index (χ1n) is 9.69. The molecule has 2 unspecified atom stereocenters. The molecule has 1 aliphatic heterocycles. The summed E-state index contributed by atoms with van der Waals surface area (Å²) >= 11 is 0. The van der Waals surface area contributed by atoms with Crippen molar-refractivity contribution >= 4 is 35.8 Å². The van der Waals surface area contributed by atoms with E-state index in [1.165, 1.54) is 0 Å². The maximum absolute atomic E-state index is 12.2. The van der Waals surface area contributed by atoms with E-state index < -0.39 is 110 Å². The lowest BCUT2D eigenvalue weighted by atomic mass is 9.95. The van der Waals surface area contributed by atoms with Crippen LogP contribution in [-0.2, 0) is 43.0 Å². The second kappa shape index (κ2) is 11.8. The Kier molecular flexibility index (Phi) is 10.0. The van der Waals surface area contributed by atoms with Crippen LogP contribution in [0.2, 0.25) is 0 Å². The van der Waals surface area contributed by atoms with Gasteiger partial charge in [-0.3, -0.25) is 19.2 Å². The van der Waals surface area contributed by atoms with Gasteiger partial charge in [0, 0.05) is 0 Å². The van der Waals surface area contributed by atoms with E-state index in [0.717, 1.165) is 0 Å². The predicted molar refractivity (Wildman–Crippen MR) is 102 cm³/mol. The predicted octanol–water partition coefficient (Wildman–Crippen LogP) is -4.08. The number of aliphatic carboxylic acids is 4. The van der Waals surface area contributed by atoms with E-state index in [1.807, 2.05) is 0 Å². The maximum atomic E-state index is 12.2. The molecular weight excluding hydrogens is 488 g/mol. The van der Waals surface area contributed by atoms with Crippen LogP contribution in [0.15, 0.2) is 0 Å². The Morgan fingerprint density at radius 2 is 1.29 bits per heavy atom. The standard InChI is InChI=1S/C18H24O17/c19-5-8(34-11(25)3-17(31,15(27)28)1-9(21)22)14-13(7(20)6-33-14)35-12(26)4-18(32,16(29)30)2-10(23)24/h7-8,13-14,19-20,31-32H,1-6H2,(H,21,22)(H,23,24)(H,27,28)(H,29,30)/t7-,8+,13+,14+,17?,18?/m0/s1. The Morgan fingerprint density at radius 3 is 1.69 bits per heavy atom. The first-order valence-corrected chi connectivity index (χ1v) is 9.69. The Balaban J connectivity index is 2.95. The van der Waals surface area contributed by atoms with Gasteiger partial charge in [0.2, 0.25) is 0 Å². The molecular formula is C18H24O17. The Morgan fingerprint density at radius 1 is 0.829 bits per heavy atom. The van der Waals surface area contributed by atoms with Crippen LogP contribution < -0.4 is 0 Å². The molecule has 0 amide bonds. The molecule has 0 radical (unpaired) electrons. The number of rotatable bonds is 14. The number of ether oxygens (including phenoxy) is 3. The van der Waals surface area contributed by atoms with Gasteiger partial charge in [-0.1, -0.05) is 0 Å². The van der Waals surface area contributed by atoms with Crippen molar-refractivity contribution < 1.29 is 83.8 Å². The molecule has 0 spiro atoms. The van der Waals surface area contributed by atoms with E-state index in [-0.39, 0.29) is 0 Å². The molecule has 1 rings (SSSR count). The van der Waals surface area contributed by atoms with Gasteiger partial charge < -0.3 is 55.1 Å². The maximum Gasteiger partial charge on any atom is 0.336 e. The van der Waals surface area contributed by atoms with Gasteiger partial charge in [-0.15, -0.1) is 0 Å². The third kappa shape index (κ3) is 8.11. The fraction of sp³-hybridized carbons (Fsp3) is 0.667. The quantitative estimate of drug-likeness (QED) is 0.103. The van der Waals surface area contributed by atoms with Crippen molar-refractivity contribution in [1.29, 1.82) is 0 Å². The third-order valence-corrected chi connectivity index (χ3v) is 4.82. The minimum Gasteiger partial charge on any atom is -0.481 e. The second-order valence-electron chi connectivity index (χ2n) is 7.70. The summed E-state index contributed by atoms with van der Waals surface area (Å²) in [5.74, 6) is -10.6. The summed E-state index contributed by atoms with van der Waals surface area (Å²) in [6.07, 6.45) is -12.2. The molecule has 1 aliphatic rings. The number of aliphatic hydroxyl groups is 4. The van der Waals surface area contributed by atoms with Gasteiger partial charge in [-0.2, -0.15) is 0 Å². The zero-order valence-electron chi connectivity index (χ0n) is 17.8. The fourth-order valence-electron chi connectivity index (χ4n) is 3.10. The van der Waals surface area contributed by atoms with Gasteiger partial charge in [0.15, 0.2) is 23.4 Å². The molecule has 0 aromatic carbocycles. The number of esters is 2. The van der Waals surface area contributed by atoms with E-state index in [4.69, 9.17) is 34.6 Å². The average molecular weight is 512 g/mol. The van der Waals surface area contributed by atoms with Gasteiger partial charge in [0.1, 0.15) is 12.2 Å². The smallest absolute Gasteiger partial charge is 0.336 e. The lowest BCUT2D eigenvalue weighted by Gasteiger charge is -2.29. The first kappa shape index (κ1) is 29.7. The number of carbonyl (C=O) groups is 6. The van der Waals surface area contributed by atoms with Crippen molar-refractivity contribution in [2.45, 2.75) is 61.3 Å². The van der Waals surface area contributed by atoms with Gasteiger partial charge in [0.05, 0.1) is 38.9 Å². The molecule has 0 aromatic heterocycles. The topological polar surface area (TPSA) is 292 Å². The molecule has 1 fully saturated rings. The molecule has 17 heteroatoms. The largest absolute Gasteiger partial charge is 0.481 e. The molecule has 1 saturated heterocycles. The minimum atomic E-state index is -3.06. The zero-order chi connectivity index (χ0) is 27.1. The Bertz CT molecular complexity index is 854. The van der Waals surface area contributed by atoms with E-state index in [1.54, 1.807) is 0 Å². The molecule has 0 saturated carbocycles. The van der Waals surface area contributed by atoms with E-state index in [2.05, 4.69) is 0 Å². The first-order chi connectivity index (χ1) is 16.0. The van der Waals surface area contributed by atoms with Crippen molar-refractivity contribution in [3.05, 3.63) is 0 Å². The number of carbonyl (C=O) groups excluding carboxylic acids is 2. The summed E-state index contributed by atoms with van der Waals surface area (Å²) in [5, 5.41) is 74.9. The molecule has 35 heavy (non-hydrogen) atoms. The van der Waals surface area contributed by atoms with Crippen LogP contribution in [0.5, 0.6) is 0 Å². The van der Waals surface area contributed by atoms with Crippen LogP contribution in [0.3, 0.4) is 0 Å². The minimum absolute atomic E-state index is 0.549. The van der Waals surface area contributed by atoms with Crippen LogP contribution in [0, 0.1) is 0 Å². The Hall–Kier alpha value is -3.38. The highest BCUT2D eigenvalue weighted by atomic mass is 16.6. The van der Waals surface area contributed by atoms with Crippen LogP contribution in [0.25, 0.3) is 0 Å². The van der Waals surface area contributed by atoms with Crippen molar-refractivity contribution in [2.24, 2.45) is 0 Å². The summed E-state index contributed by atoms with van der Waals surface area (Å²) in [5.41, 5.74) is -6.12. The number of hydrogen-bond donors (Lipinski definition) is 8. The van der Waals surface area contributed by atoms with Gasteiger partial charge in [-0.05, 0) is 0 Å². The highest BCUT2D eigenvalue weighted by Gasteiger charge is 2.48. The molecule has 17 nitrogen and oxygen atoms in total. The van der Waals surface area contributed by atoms with Crippen molar-refractivity contribution in [1.82, 2.24) is 0 Å². The van der Waals surface area contributed by atoms with Gasteiger partial charge in [-0.25, -0.2) is 9.59 Å². The normalized spacial score (nSPS) is 23.8. The fourth-order valence-corrected chi connectivity index (χ4v) is 3.10. The van der Waals surface area contributed by atoms with Crippen LogP contribution in [-0.4, -0.2) is 125 Å². The monoisotopic (exact) mass is 512 g/mol. The summed E-state index contributed by atoms with van der Waals surface area (Å²) in [7, 11) is 0. The number of carboxylic acid groups (broad SMARTS) is 4. The molecule has 8 N–H and O–H groups in total. The number of aliphatic hydroxyl groups excluding tert-OH is 2. The van der Waals surface area contributed by atoms with Crippen LogP contribution >= 0.6 is 0 Å². The van der Waals surface area contributed by atoms with E-state index in [0.29, 0.717) is 0 Å². The molecule has 6 atom stereocenters. The summed E-state index contributed by atoms with van der Waals surface area (Å²) in [6.45, 7) is -1.60. The lowest BCUT2D eigenvalue weighted by molar-refractivity contribution is -0.184. The number of carboxylic acids is 4. The summed E-state index contributed by atoms with van der Waals surface area (Å²) in [6, 6.07) is 0. The SMILES string of the molecule is O=C(O)CC(O)(CC(=O)O[C@H]1[C@@H]([C@@H](CO)OC(=O)CC(O)(CC(=O)O)C(=O)O)OC[C@@H]1O)C(=O)O. The zero-order valence-corrected chi connectivity index (χ0v) is 17.8. The molecule has 0 aliphatic carbocycles. The summed E-state index contributed by atoms with van der Waals surface area (Å²) < 4.78 is 14.8. The highest BCUT2D eigenvalue weighted by molar-refractivity contribution is 5.89. The Labute approximate surface area is 195 Å². The van der Waals surface area contributed by atoms with Gasteiger partial charge in [0.25, 0.3) is 0 Å². The molecule has 198 valence electrons. The number of hydrogen-bond acceptors (Lipinski definition) is 13. The highest BCUT2D eigenvalue weighted by Crippen LogP contribution is 2.26. The van der Waals surface area contributed by atoms with Crippen molar-refractivity contribution in [3.63, 3.8) is 0 Å². The van der Waals surface area contributed by atoms with Crippen LogP contribution in [0.1, 0.15) is 25.7 Å². The third-order valence-electron chi connectivity index (χ3n) is 4.82. The van der Waals surface area contributed by atoms with Gasteiger partial charge >= 0.3 is 35.8 Å². The average Bonchev–Trinajstić information content (AvgIpc) is 3.04. The molecule has 1 heterocycles. The van der Waals surface area contributed by atoms with Crippen LogP contribution in [0.4, 0.5) is 0 Å². The molecule has 0 aromatic rings. The lowest BCUT2D eigenvalue weighted by Crippen LogP contribution is -2.48. The van der Waals surface area contributed by atoms with E-state index in [9.17, 15) is 49.2 Å². The molecule has 0 bridgehead atoms. The summed E-state index contributed by atoms with van der Waals surface area (Å²) in [4.78, 5) is 68.2.